The lowest BCUT2D eigenvalue weighted by molar-refractivity contribution is -0.222. The van der Waals surface area contributed by atoms with Crippen LogP contribution in [0, 0.1) is 5.92 Å². The number of rotatable bonds is 7. The van der Waals surface area contributed by atoms with Gasteiger partial charge in [-0.25, -0.2) is 0 Å². The fourth-order valence-corrected chi connectivity index (χ4v) is 3.05. The number of carbonyl (C=O) groups is 2. The monoisotopic (exact) mass is 392 g/mol. The number of esters is 1. The van der Waals surface area contributed by atoms with E-state index in [-0.39, 0.29) is 18.4 Å². The van der Waals surface area contributed by atoms with Crippen LogP contribution in [0.5, 0.6) is 11.5 Å². The fraction of sp³-hybridized carbons (Fsp3) is 0.556. The standard InChI is InChI=1S/C18H24N4O6/c1-10-15(9-20-22-19)28-18(27-14-7-5-13(25-4)6-8-14)16(21-11(2)23)17(10)26-12(3)24/h5-8,10,15-18H,9H2,1-4H3,(H,21,23)/t10-,15?,16?,17+,18-/m1/s1. The van der Waals surface area contributed by atoms with Crippen molar-refractivity contribution in [2.45, 2.75) is 45.3 Å². The van der Waals surface area contributed by atoms with E-state index in [1.54, 1.807) is 38.3 Å². The molecule has 152 valence electrons. The summed E-state index contributed by atoms with van der Waals surface area (Å²) in [5, 5.41) is 6.31. The van der Waals surface area contributed by atoms with Gasteiger partial charge in [0.1, 0.15) is 23.6 Å². The zero-order chi connectivity index (χ0) is 20.7. The molecule has 2 unspecified atom stereocenters. The number of nitrogens with one attached hydrogen (secondary N) is 1. The van der Waals surface area contributed by atoms with E-state index in [4.69, 9.17) is 24.5 Å². The van der Waals surface area contributed by atoms with Gasteiger partial charge >= 0.3 is 5.97 Å². The maximum Gasteiger partial charge on any atom is 0.302 e. The number of hydrogen-bond donors (Lipinski definition) is 1. The quantitative estimate of drug-likeness (QED) is 0.327. The van der Waals surface area contributed by atoms with Crippen molar-refractivity contribution >= 4 is 11.9 Å². The van der Waals surface area contributed by atoms with Gasteiger partial charge in [-0.1, -0.05) is 12.0 Å². The number of carbonyl (C=O) groups excluding carboxylic acids is 2. The van der Waals surface area contributed by atoms with Crippen LogP contribution in [0.2, 0.25) is 0 Å². The first-order chi connectivity index (χ1) is 13.3. The molecule has 1 saturated heterocycles. The maximum atomic E-state index is 11.7. The van der Waals surface area contributed by atoms with Crippen LogP contribution in [-0.2, 0) is 19.1 Å². The van der Waals surface area contributed by atoms with Crippen LogP contribution in [0.15, 0.2) is 29.4 Å². The van der Waals surface area contributed by atoms with E-state index in [0.29, 0.717) is 11.5 Å². The summed E-state index contributed by atoms with van der Waals surface area (Å²) in [6, 6.07) is 6.06. The van der Waals surface area contributed by atoms with Gasteiger partial charge in [0.05, 0.1) is 19.8 Å². The van der Waals surface area contributed by atoms with Gasteiger partial charge in [0.25, 0.3) is 0 Å². The van der Waals surface area contributed by atoms with Crippen molar-refractivity contribution < 1.29 is 28.5 Å². The predicted molar refractivity (Wildman–Crippen MR) is 98.6 cm³/mol. The highest BCUT2D eigenvalue weighted by molar-refractivity contribution is 5.73. The number of methoxy groups -OCH3 is 1. The molecule has 0 bridgehead atoms. The molecule has 1 heterocycles. The van der Waals surface area contributed by atoms with E-state index in [9.17, 15) is 9.59 Å². The Morgan fingerprint density at radius 3 is 2.43 bits per heavy atom. The third kappa shape index (κ3) is 5.51. The predicted octanol–water partition coefficient (Wildman–Crippen LogP) is 2.18. The van der Waals surface area contributed by atoms with Crippen molar-refractivity contribution in [1.29, 1.82) is 0 Å². The van der Waals surface area contributed by atoms with Crippen LogP contribution < -0.4 is 14.8 Å². The first kappa shape index (κ1) is 21.3. The number of benzene rings is 1. The minimum absolute atomic E-state index is 0.0324. The van der Waals surface area contributed by atoms with E-state index < -0.39 is 30.5 Å². The van der Waals surface area contributed by atoms with Gasteiger partial charge in [0.2, 0.25) is 12.2 Å². The maximum absolute atomic E-state index is 11.7. The van der Waals surface area contributed by atoms with Crippen molar-refractivity contribution in [2.75, 3.05) is 13.7 Å². The van der Waals surface area contributed by atoms with Gasteiger partial charge in [-0.3, -0.25) is 9.59 Å². The summed E-state index contributed by atoms with van der Waals surface area (Å²) in [6.07, 6.45) is -2.25. The molecule has 2 rings (SSSR count). The molecule has 28 heavy (non-hydrogen) atoms. The molecule has 10 heteroatoms. The Morgan fingerprint density at radius 2 is 1.89 bits per heavy atom. The highest BCUT2D eigenvalue weighted by atomic mass is 16.7. The van der Waals surface area contributed by atoms with E-state index >= 15 is 0 Å². The van der Waals surface area contributed by atoms with Crippen molar-refractivity contribution in [2.24, 2.45) is 11.0 Å². The van der Waals surface area contributed by atoms with E-state index in [1.807, 2.05) is 0 Å². The molecule has 1 N–H and O–H groups in total. The molecule has 1 amide bonds. The van der Waals surface area contributed by atoms with Gasteiger partial charge in [-0.15, -0.1) is 0 Å². The normalized spacial score (nSPS) is 26.5. The summed E-state index contributed by atoms with van der Waals surface area (Å²) >= 11 is 0. The zero-order valence-electron chi connectivity index (χ0n) is 16.2. The van der Waals surface area contributed by atoms with Gasteiger partial charge in [-0.2, -0.15) is 0 Å². The van der Waals surface area contributed by atoms with E-state index in [2.05, 4.69) is 15.3 Å². The molecule has 1 aromatic carbocycles. The SMILES string of the molecule is COc1ccc(O[C@@H]2OC(CN=[N+]=[N-])[C@@H](C)[C@H](OC(C)=O)C2NC(C)=O)cc1. The second-order valence-corrected chi connectivity index (χ2v) is 6.41. The first-order valence-corrected chi connectivity index (χ1v) is 8.77. The van der Waals surface area contributed by atoms with E-state index in [1.165, 1.54) is 13.8 Å². The van der Waals surface area contributed by atoms with Crippen LogP contribution >= 0.6 is 0 Å². The molecule has 10 nitrogen and oxygen atoms in total. The van der Waals surface area contributed by atoms with Crippen LogP contribution in [-0.4, -0.2) is 50.1 Å². The Kier molecular flexibility index (Phi) is 7.48. The van der Waals surface area contributed by atoms with Gasteiger partial charge in [0.15, 0.2) is 0 Å². The van der Waals surface area contributed by atoms with Crippen LogP contribution in [0.25, 0.3) is 10.4 Å². The lowest BCUT2D eigenvalue weighted by Crippen LogP contribution is -2.63. The third-order valence-corrected chi connectivity index (χ3v) is 4.37. The highest BCUT2D eigenvalue weighted by Crippen LogP contribution is 2.31. The molecule has 0 spiro atoms. The minimum atomic E-state index is -0.961. The molecule has 0 saturated carbocycles. The molecule has 1 aliphatic heterocycles. The van der Waals surface area contributed by atoms with Crippen LogP contribution in [0.4, 0.5) is 0 Å². The van der Waals surface area contributed by atoms with Crippen LogP contribution in [0.1, 0.15) is 20.8 Å². The van der Waals surface area contributed by atoms with Gasteiger partial charge in [-0.05, 0) is 29.8 Å². The lowest BCUT2D eigenvalue weighted by atomic mass is 9.88. The molecule has 5 atom stereocenters. The number of hydrogen-bond acceptors (Lipinski definition) is 7. The largest absolute Gasteiger partial charge is 0.497 e. The average Bonchev–Trinajstić information content (AvgIpc) is 2.65. The molecule has 1 aliphatic rings. The summed E-state index contributed by atoms with van der Waals surface area (Å²) in [5.41, 5.74) is 8.63. The van der Waals surface area contributed by atoms with Crippen molar-refractivity contribution in [1.82, 2.24) is 5.32 Å². The summed E-state index contributed by atoms with van der Waals surface area (Å²) in [4.78, 5) is 26.1. The molecular weight excluding hydrogens is 368 g/mol. The summed E-state index contributed by atoms with van der Waals surface area (Å²) in [5.74, 6) is -0.0423. The average molecular weight is 392 g/mol. The summed E-state index contributed by atoms with van der Waals surface area (Å²) in [6.45, 7) is 4.47. The zero-order valence-corrected chi connectivity index (χ0v) is 16.2. The number of amides is 1. The molecular formula is C18H24N4O6. The van der Waals surface area contributed by atoms with Crippen LogP contribution in [0.3, 0.4) is 0 Å². The Labute approximate surface area is 162 Å². The minimum Gasteiger partial charge on any atom is -0.497 e. The van der Waals surface area contributed by atoms with Crippen molar-refractivity contribution in [3.63, 3.8) is 0 Å². The van der Waals surface area contributed by atoms with Crippen molar-refractivity contribution in [3.05, 3.63) is 34.7 Å². The molecule has 0 aliphatic carbocycles. The third-order valence-electron chi connectivity index (χ3n) is 4.37. The van der Waals surface area contributed by atoms with E-state index in [0.717, 1.165) is 0 Å². The van der Waals surface area contributed by atoms with Gasteiger partial charge in [0, 0.05) is 24.7 Å². The molecule has 0 radical (unpaired) electrons. The number of azide groups is 1. The fourth-order valence-electron chi connectivity index (χ4n) is 3.05. The van der Waals surface area contributed by atoms with Crippen molar-refractivity contribution in [3.8, 4) is 11.5 Å². The summed E-state index contributed by atoms with van der Waals surface area (Å²) < 4.78 is 22.5. The Morgan fingerprint density at radius 1 is 1.25 bits per heavy atom. The molecule has 1 aromatic rings. The topological polar surface area (TPSA) is 132 Å². The Bertz CT molecular complexity index is 734. The van der Waals surface area contributed by atoms with Gasteiger partial charge < -0.3 is 24.3 Å². The number of nitrogens with zero attached hydrogens (tertiary/aromatic N) is 3. The second-order valence-electron chi connectivity index (χ2n) is 6.41. The summed E-state index contributed by atoms with van der Waals surface area (Å²) in [7, 11) is 1.55. The lowest BCUT2D eigenvalue weighted by Gasteiger charge is -2.44. The Balaban J connectivity index is 2.32. The highest BCUT2D eigenvalue weighted by Gasteiger charge is 2.47. The molecule has 1 fully saturated rings. The second kappa shape index (κ2) is 9.82. The number of ether oxygens (including phenoxy) is 4. The Hall–Kier alpha value is -2.97. The molecule has 0 aromatic heterocycles. The first-order valence-electron chi connectivity index (χ1n) is 8.77. The smallest absolute Gasteiger partial charge is 0.302 e.